The lowest BCUT2D eigenvalue weighted by Crippen LogP contribution is -2.50. The van der Waals surface area contributed by atoms with E-state index in [0.29, 0.717) is 18.8 Å². The number of nitrogens with one attached hydrogen (secondary N) is 1. The third kappa shape index (κ3) is 3.56. The number of thiazole rings is 1. The first-order chi connectivity index (χ1) is 11.0. The quantitative estimate of drug-likeness (QED) is 0.931. The molecule has 5 nitrogen and oxygen atoms in total. The van der Waals surface area contributed by atoms with Crippen molar-refractivity contribution in [2.75, 3.05) is 19.6 Å². The lowest BCUT2D eigenvalue weighted by atomic mass is 10.1. The van der Waals surface area contributed by atoms with Crippen molar-refractivity contribution in [1.82, 2.24) is 15.2 Å². The van der Waals surface area contributed by atoms with Crippen molar-refractivity contribution in [3.8, 4) is 11.3 Å². The van der Waals surface area contributed by atoms with Gasteiger partial charge in [0.05, 0.1) is 23.7 Å². The van der Waals surface area contributed by atoms with Gasteiger partial charge < -0.3 is 10.2 Å². The van der Waals surface area contributed by atoms with Crippen molar-refractivity contribution < 1.29 is 14.0 Å². The maximum atomic E-state index is 13.1. The van der Waals surface area contributed by atoms with Crippen molar-refractivity contribution in [2.45, 2.75) is 13.3 Å². The molecular weight excluding hydrogens is 317 g/mol. The molecule has 1 aromatic carbocycles. The lowest BCUT2D eigenvalue weighted by Gasteiger charge is -2.26. The van der Waals surface area contributed by atoms with Gasteiger partial charge in [-0.1, -0.05) is 0 Å². The molecule has 0 bridgehead atoms. The van der Waals surface area contributed by atoms with E-state index in [1.54, 1.807) is 17.0 Å². The summed E-state index contributed by atoms with van der Waals surface area (Å²) in [6.45, 7) is 2.98. The van der Waals surface area contributed by atoms with E-state index in [-0.39, 0.29) is 30.6 Å². The van der Waals surface area contributed by atoms with Crippen LogP contribution in [-0.2, 0) is 16.0 Å². The second-order valence-electron chi connectivity index (χ2n) is 5.35. The first-order valence-electron chi connectivity index (χ1n) is 7.29. The number of hydrogen-bond acceptors (Lipinski definition) is 4. The molecule has 2 heterocycles. The highest BCUT2D eigenvalue weighted by Gasteiger charge is 2.23. The fourth-order valence-electron chi connectivity index (χ4n) is 2.52. The van der Waals surface area contributed by atoms with Gasteiger partial charge in [-0.3, -0.25) is 9.59 Å². The minimum atomic E-state index is -0.308. The Hall–Kier alpha value is -2.28. The molecule has 0 unspecified atom stereocenters. The van der Waals surface area contributed by atoms with Crippen LogP contribution in [0.3, 0.4) is 0 Å². The summed E-state index contributed by atoms with van der Waals surface area (Å²) in [6.07, 6.45) is 0.200. The highest BCUT2D eigenvalue weighted by Crippen LogP contribution is 2.29. The van der Waals surface area contributed by atoms with Crippen LogP contribution in [0.25, 0.3) is 11.3 Å². The average Bonchev–Trinajstić information content (AvgIpc) is 2.88. The second-order valence-corrected chi connectivity index (χ2v) is 6.64. The van der Waals surface area contributed by atoms with Crippen LogP contribution in [0.4, 0.5) is 4.39 Å². The number of hydrogen-bond donors (Lipinski definition) is 1. The van der Waals surface area contributed by atoms with Crippen LogP contribution in [0.1, 0.15) is 9.88 Å². The van der Waals surface area contributed by atoms with Gasteiger partial charge in [-0.15, -0.1) is 11.3 Å². The summed E-state index contributed by atoms with van der Waals surface area (Å²) < 4.78 is 13.1. The van der Waals surface area contributed by atoms with E-state index in [4.69, 9.17) is 0 Å². The Bertz CT molecular complexity index is 742. The molecule has 120 valence electrons. The Kier molecular flexibility index (Phi) is 4.38. The molecule has 3 rings (SSSR count). The van der Waals surface area contributed by atoms with Gasteiger partial charge in [-0.2, -0.15) is 0 Å². The number of benzene rings is 1. The van der Waals surface area contributed by atoms with Crippen LogP contribution in [0.2, 0.25) is 0 Å². The zero-order valence-electron chi connectivity index (χ0n) is 12.6. The van der Waals surface area contributed by atoms with E-state index in [9.17, 15) is 14.0 Å². The number of rotatable bonds is 3. The first kappa shape index (κ1) is 15.6. The van der Waals surface area contributed by atoms with Crippen molar-refractivity contribution >= 4 is 23.2 Å². The largest absolute Gasteiger partial charge is 0.353 e. The van der Waals surface area contributed by atoms with Crippen LogP contribution in [-0.4, -0.2) is 41.3 Å². The predicted octanol–water partition coefficient (Wildman–Crippen LogP) is 1.76. The number of nitrogens with zero attached hydrogens (tertiary/aromatic N) is 2. The van der Waals surface area contributed by atoms with Crippen molar-refractivity contribution in [3.63, 3.8) is 0 Å². The summed E-state index contributed by atoms with van der Waals surface area (Å²) in [6, 6.07) is 6.08. The van der Waals surface area contributed by atoms with Gasteiger partial charge in [0, 0.05) is 23.5 Å². The molecule has 0 atom stereocenters. The molecule has 2 aromatic rings. The fourth-order valence-corrected chi connectivity index (χ4v) is 3.47. The molecule has 0 spiro atoms. The number of piperazine rings is 1. The third-order valence-corrected chi connectivity index (χ3v) is 4.60. The number of aryl methyl sites for hydroxylation is 1. The molecule has 1 saturated heterocycles. The van der Waals surface area contributed by atoms with Crippen LogP contribution in [0.5, 0.6) is 0 Å². The number of amides is 2. The Balaban J connectivity index is 1.81. The van der Waals surface area contributed by atoms with Gasteiger partial charge >= 0.3 is 0 Å². The molecule has 0 aliphatic carbocycles. The normalized spacial score (nSPS) is 14.7. The molecule has 0 radical (unpaired) electrons. The predicted molar refractivity (Wildman–Crippen MR) is 85.5 cm³/mol. The van der Waals surface area contributed by atoms with Crippen molar-refractivity contribution in [3.05, 3.63) is 40.0 Å². The van der Waals surface area contributed by atoms with Crippen LogP contribution >= 0.6 is 11.3 Å². The van der Waals surface area contributed by atoms with E-state index < -0.39 is 0 Å². The third-order valence-electron chi connectivity index (χ3n) is 3.62. The SMILES string of the molecule is Cc1nc(-c2ccc(F)cc2)c(CC(=O)N2CCNC(=O)C2)s1. The summed E-state index contributed by atoms with van der Waals surface area (Å²) in [5.74, 6) is -0.534. The molecule has 0 saturated carbocycles. The smallest absolute Gasteiger partial charge is 0.239 e. The van der Waals surface area contributed by atoms with Crippen LogP contribution < -0.4 is 5.32 Å². The zero-order chi connectivity index (χ0) is 16.4. The molecule has 2 amide bonds. The Morgan fingerprint density at radius 3 is 2.83 bits per heavy atom. The highest BCUT2D eigenvalue weighted by atomic mass is 32.1. The van der Waals surface area contributed by atoms with Gasteiger partial charge in [0.1, 0.15) is 5.82 Å². The van der Waals surface area contributed by atoms with E-state index in [2.05, 4.69) is 10.3 Å². The summed E-state index contributed by atoms with van der Waals surface area (Å²) in [4.78, 5) is 30.7. The van der Waals surface area contributed by atoms with Crippen LogP contribution in [0.15, 0.2) is 24.3 Å². The topological polar surface area (TPSA) is 62.3 Å². The Morgan fingerprint density at radius 2 is 2.13 bits per heavy atom. The van der Waals surface area contributed by atoms with E-state index in [0.717, 1.165) is 15.4 Å². The number of carbonyl (C=O) groups is 2. The molecule has 1 aromatic heterocycles. The monoisotopic (exact) mass is 333 g/mol. The van der Waals surface area contributed by atoms with Gasteiger partial charge in [0.2, 0.25) is 11.8 Å². The number of halogens is 1. The molecule has 1 aliphatic heterocycles. The molecule has 1 aliphatic rings. The Morgan fingerprint density at radius 1 is 1.39 bits per heavy atom. The van der Waals surface area contributed by atoms with Crippen molar-refractivity contribution in [1.29, 1.82) is 0 Å². The summed E-state index contributed by atoms with van der Waals surface area (Å²) in [5, 5.41) is 3.55. The van der Waals surface area contributed by atoms with Gasteiger partial charge in [0.25, 0.3) is 0 Å². The molecule has 23 heavy (non-hydrogen) atoms. The minimum absolute atomic E-state index is 0.0909. The molecule has 7 heteroatoms. The summed E-state index contributed by atoms with van der Waals surface area (Å²) >= 11 is 1.45. The first-order valence-corrected chi connectivity index (χ1v) is 8.11. The summed E-state index contributed by atoms with van der Waals surface area (Å²) in [5.41, 5.74) is 1.50. The number of carbonyl (C=O) groups excluding carboxylic acids is 2. The zero-order valence-corrected chi connectivity index (χ0v) is 13.5. The molecular formula is C16H16FN3O2S. The van der Waals surface area contributed by atoms with E-state index >= 15 is 0 Å². The number of aromatic nitrogens is 1. The minimum Gasteiger partial charge on any atom is -0.353 e. The van der Waals surface area contributed by atoms with Crippen molar-refractivity contribution in [2.24, 2.45) is 0 Å². The maximum Gasteiger partial charge on any atom is 0.239 e. The highest BCUT2D eigenvalue weighted by molar-refractivity contribution is 7.12. The lowest BCUT2D eigenvalue weighted by molar-refractivity contribution is -0.137. The van der Waals surface area contributed by atoms with Gasteiger partial charge in [-0.05, 0) is 31.2 Å². The standard InChI is InChI=1S/C16H16FN3O2S/c1-10-19-16(11-2-4-12(17)5-3-11)13(23-10)8-15(22)20-7-6-18-14(21)9-20/h2-5H,6-9H2,1H3,(H,18,21). The van der Waals surface area contributed by atoms with Gasteiger partial charge in [0.15, 0.2) is 0 Å². The average molecular weight is 333 g/mol. The second kappa shape index (κ2) is 6.45. The summed E-state index contributed by atoms with van der Waals surface area (Å²) in [7, 11) is 0. The van der Waals surface area contributed by atoms with E-state index in [1.165, 1.54) is 23.5 Å². The van der Waals surface area contributed by atoms with Crippen LogP contribution in [0, 0.1) is 12.7 Å². The maximum absolute atomic E-state index is 13.1. The Labute approximate surface area is 137 Å². The molecule has 1 fully saturated rings. The molecule has 1 N–H and O–H groups in total. The van der Waals surface area contributed by atoms with Gasteiger partial charge in [-0.25, -0.2) is 9.37 Å². The van der Waals surface area contributed by atoms with E-state index in [1.807, 2.05) is 6.92 Å². The fraction of sp³-hybridized carbons (Fsp3) is 0.312.